The number of amides is 1. The number of alkyl halides is 3. The van der Waals surface area contributed by atoms with E-state index < -0.39 is 30.0 Å². The summed E-state index contributed by atoms with van der Waals surface area (Å²) in [5.74, 6) is -4.50. The van der Waals surface area contributed by atoms with Crippen LogP contribution in [0.5, 0.6) is 0 Å². The third-order valence-electron chi connectivity index (χ3n) is 11.5. The van der Waals surface area contributed by atoms with Crippen molar-refractivity contribution in [2.45, 2.75) is 44.7 Å². The lowest BCUT2D eigenvalue weighted by Crippen LogP contribution is -2.35. The second-order valence-corrected chi connectivity index (χ2v) is 19.5. The topological polar surface area (TPSA) is 177 Å². The molecule has 13 nitrogen and oxygen atoms in total. The lowest BCUT2D eigenvalue weighted by Gasteiger charge is -2.23. The number of anilines is 3. The molecule has 3 N–H and O–H groups in total. The Balaban J connectivity index is 0.000000216. The van der Waals surface area contributed by atoms with Gasteiger partial charge >= 0.3 is 24.1 Å². The fourth-order valence-corrected chi connectivity index (χ4v) is 10.0. The van der Waals surface area contributed by atoms with Crippen LogP contribution in [-0.4, -0.2) is 94.0 Å². The van der Waals surface area contributed by atoms with Gasteiger partial charge in [-0.1, -0.05) is 108 Å². The van der Waals surface area contributed by atoms with Gasteiger partial charge in [-0.15, -0.1) is 22.7 Å². The number of benzene rings is 4. The van der Waals surface area contributed by atoms with Crippen LogP contribution in [0.15, 0.2) is 132 Å². The molecular formula is C53H51Cl2F3N6O7S2. The average Bonchev–Trinajstić information content (AvgIpc) is 4.19. The van der Waals surface area contributed by atoms with Crippen molar-refractivity contribution in [3.05, 3.63) is 153 Å². The summed E-state index contributed by atoms with van der Waals surface area (Å²) in [6.07, 6.45) is 0.281. The molecule has 0 aliphatic carbocycles. The zero-order valence-electron chi connectivity index (χ0n) is 39.6. The predicted molar refractivity (Wildman–Crippen MR) is 282 cm³/mol. The fraction of sp³-hybridized carbons (Fsp3) is 0.264. The van der Waals surface area contributed by atoms with Crippen molar-refractivity contribution in [3.63, 3.8) is 0 Å². The van der Waals surface area contributed by atoms with Crippen LogP contribution in [-0.2, 0) is 32.0 Å². The summed E-state index contributed by atoms with van der Waals surface area (Å²) < 4.78 is 31.7. The molecule has 4 aromatic carbocycles. The van der Waals surface area contributed by atoms with E-state index in [1.54, 1.807) is 42.0 Å². The highest BCUT2D eigenvalue weighted by molar-refractivity contribution is 7.14. The van der Waals surface area contributed by atoms with E-state index in [1.165, 1.54) is 29.1 Å². The molecule has 7 aromatic rings. The molecule has 73 heavy (non-hydrogen) atoms. The number of pyridine rings is 1. The summed E-state index contributed by atoms with van der Waals surface area (Å²) in [5, 5.41) is 32.1. The van der Waals surface area contributed by atoms with Crippen LogP contribution in [0.3, 0.4) is 0 Å². The normalized spacial score (nSPS) is 12.9. The minimum Gasteiger partial charge on any atom is -0.481 e. The zero-order chi connectivity index (χ0) is 52.7. The molecule has 2 atom stereocenters. The molecule has 20 heteroatoms. The Morgan fingerprint density at radius 3 is 1.82 bits per heavy atom. The average molecular weight is 1080 g/mol. The van der Waals surface area contributed by atoms with Crippen LogP contribution in [0.25, 0.3) is 33.6 Å². The van der Waals surface area contributed by atoms with Crippen LogP contribution in [0.4, 0.5) is 29.3 Å². The maximum atomic E-state index is 13.0. The van der Waals surface area contributed by atoms with Gasteiger partial charge in [0, 0.05) is 72.4 Å². The number of carboxylic acid groups (broad SMARTS) is 3. The van der Waals surface area contributed by atoms with Crippen LogP contribution in [0.2, 0.25) is 10.0 Å². The van der Waals surface area contributed by atoms with Crippen molar-refractivity contribution in [1.82, 2.24) is 15.0 Å². The zero-order valence-corrected chi connectivity index (χ0v) is 42.7. The summed E-state index contributed by atoms with van der Waals surface area (Å²) in [5.41, 5.74) is 7.51. The molecule has 1 saturated heterocycles. The second kappa shape index (κ2) is 26.2. The SMILES string of the molecule is CN(C(=O)[C@@H](CC(=O)O)Cc1ccccc1)c1nc(-c2cc(Cl)ccc2Cl)cs1.CN(CC(CC(=O)O)Cc1ccccc1)c1nc(-c2ccccc2-c2ccc(N3CCCC3)nc2)cs1.O=C(O)C(F)(F)F. The number of halogens is 5. The van der Waals surface area contributed by atoms with Gasteiger partial charge in [0.2, 0.25) is 5.91 Å². The first kappa shape index (κ1) is 55.5. The first-order valence-electron chi connectivity index (χ1n) is 22.8. The predicted octanol–water partition coefficient (Wildman–Crippen LogP) is 12.3. The Hall–Kier alpha value is -6.86. The van der Waals surface area contributed by atoms with E-state index in [0.29, 0.717) is 39.4 Å². The van der Waals surface area contributed by atoms with Crippen molar-refractivity contribution in [2.75, 3.05) is 48.4 Å². The summed E-state index contributed by atoms with van der Waals surface area (Å²) in [4.78, 5) is 64.8. The van der Waals surface area contributed by atoms with Gasteiger partial charge in [0.1, 0.15) is 5.82 Å². The molecule has 1 fully saturated rings. The summed E-state index contributed by atoms with van der Waals surface area (Å²) in [7, 11) is 3.60. The Morgan fingerprint density at radius 2 is 1.25 bits per heavy atom. The maximum absolute atomic E-state index is 13.0. The number of rotatable bonds is 17. The molecule has 0 radical (unpaired) electrons. The number of hydrogen-bond acceptors (Lipinski definition) is 11. The van der Waals surface area contributed by atoms with Gasteiger partial charge < -0.3 is 25.1 Å². The molecule has 3 aromatic heterocycles. The number of aromatic nitrogens is 3. The molecule has 8 rings (SSSR count). The van der Waals surface area contributed by atoms with E-state index in [0.717, 1.165) is 64.0 Å². The van der Waals surface area contributed by atoms with E-state index in [4.69, 9.17) is 43.1 Å². The van der Waals surface area contributed by atoms with Crippen molar-refractivity contribution in [2.24, 2.45) is 11.8 Å². The van der Waals surface area contributed by atoms with Gasteiger partial charge in [-0.25, -0.2) is 19.7 Å². The third-order valence-corrected chi connectivity index (χ3v) is 14.0. The Labute approximate surface area is 438 Å². The van der Waals surface area contributed by atoms with E-state index in [1.807, 2.05) is 73.9 Å². The first-order chi connectivity index (χ1) is 34.9. The van der Waals surface area contributed by atoms with Gasteiger partial charge in [0.25, 0.3) is 0 Å². The summed E-state index contributed by atoms with van der Waals surface area (Å²) in [6, 6.07) is 37.1. The summed E-state index contributed by atoms with van der Waals surface area (Å²) in [6.45, 7) is 2.78. The van der Waals surface area contributed by atoms with E-state index in [-0.39, 0.29) is 24.7 Å². The highest BCUT2D eigenvalue weighted by atomic mass is 35.5. The third kappa shape index (κ3) is 16.3. The Kier molecular flexibility index (Phi) is 19.9. The molecule has 382 valence electrons. The van der Waals surface area contributed by atoms with Crippen LogP contribution in [0, 0.1) is 11.8 Å². The number of aliphatic carboxylic acids is 3. The lowest BCUT2D eigenvalue weighted by molar-refractivity contribution is -0.192. The highest BCUT2D eigenvalue weighted by Gasteiger charge is 2.38. The molecule has 1 unspecified atom stereocenters. The van der Waals surface area contributed by atoms with E-state index in [9.17, 15) is 37.8 Å². The molecule has 4 heterocycles. The molecule has 1 aliphatic heterocycles. The van der Waals surface area contributed by atoms with Crippen molar-refractivity contribution in [3.8, 4) is 33.6 Å². The Bertz CT molecular complexity index is 2940. The van der Waals surface area contributed by atoms with Gasteiger partial charge in [-0.3, -0.25) is 19.3 Å². The van der Waals surface area contributed by atoms with Gasteiger partial charge in [-0.05, 0) is 78.6 Å². The number of nitrogens with zero attached hydrogens (tertiary/aromatic N) is 6. The molecule has 1 aliphatic rings. The number of carbonyl (C=O) groups is 4. The first-order valence-corrected chi connectivity index (χ1v) is 25.3. The van der Waals surface area contributed by atoms with Crippen LogP contribution in [0.1, 0.15) is 36.8 Å². The van der Waals surface area contributed by atoms with Crippen molar-refractivity contribution >= 4 is 85.8 Å². The molecular weight excluding hydrogens is 1020 g/mol. The van der Waals surface area contributed by atoms with E-state index >= 15 is 0 Å². The Morgan fingerprint density at radius 1 is 0.699 bits per heavy atom. The smallest absolute Gasteiger partial charge is 0.481 e. The lowest BCUT2D eigenvalue weighted by atomic mass is 9.95. The standard InChI is InChI=1S/C30H32N4O2S.C21H18Cl2N2O3S.C2HF3O2/c1-33(20-23(18-29(35)36)17-22-9-3-2-4-10-22)30-32-27(21-37-30)26-12-6-5-11-25(26)24-13-14-28(31-19-24)34-15-7-8-16-34;1-25(20(28)14(10-19(26)27)9-13-5-3-2-4-6-13)21-24-18(12-29-21)16-11-15(22)7-8-17(16)23;3-2(4,5)1(6)7/h2-6,9-14,19,21,23H,7-8,15-18,20H2,1H3,(H,35,36);2-8,11-12,14H,9-10H2,1H3,(H,26,27);(H,6,7)/t;14-;/m.1./s1. The van der Waals surface area contributed by atoms with Gasteiger partial charge in [-0.2, -0.15) is 13.2 Å². The maximum Gasteiger partial charge on any atom is 0.490 e. The van der Waals surface area contributed by atoms with Crippen molar-refractivity contribution < 1.29 is 47.7 Å². The minimum absolute atomic E-state index is 0.00951. The van der Waals surface area contributed by atoms with E-state index in [2.05, 4.69) is 56.6 Å². The quantitative estimate of drug-likeness (QED) is 0.0787. The highest BCUT2D eigenvalue weighted by Crippen LogP contribution is 2.37. The van der Waals surface area contributed by atoms with Gasteiger partial charge in [0.05, 0.1) is 35.2 Å². The monoisotopic (exact) mass is 1070 g/mol. The second-order valence-electron chi connectivity index (χ2n) is 17.0. The van der Waals surface area contributed by atoms with Crippen molar-refractivity contribution in [1.29, 1.82) is 0 Å². The number of thiazole rings is 2. The number of carbonyl (C=O) groups excluding carboxylic acids is 1. The summed E-state index contributed by atoms with van der Waals surface area (Å²) >= 11 is 15.2. The molecule has 0 bridgehead atoms. The van der Waals surface area contributed by atoms with Crippen LogP contribution < -0.4 is 14.7 Å². The fourth-order valence-electron chi connectivity index (χ4n) is 8.02. The molecule has 0 saturated carbocycles. The number of hydrogen-bond donors (Lipinski definition) is 3. The van der Waals surface area contributed by atoms with Gasteiger partial charge in [0.15, 0.2) is 10.3 Å². The number of carboxylic acids is 3. The van der Waals surface area contributed by atoms with Crippen LogP contribution >= 0.6 is 45.9 Å². The molecule has 1 amide bonds. The largest absolute Gasteiger partial charge is 0.490 e. The molecule has 0 spiro atoms. The minimum atomic E-state index is -5.08.